The van der Waals surface area contributed by atoms with Crippen LogP contribution in [-0.4, -0.2) is 15.9 Å². The Bertz CT molecular complexity index is 909. The van der Waals surface area contributed by atoms with Gasteiger partial charge in [-0.05, 0) is 52.7 Å². The Morgan fingerprint density at radius 3 is 2.62 bits per heavy atom. The number of anilines is 1. The fraction of sp³-hybridized carbons (Fsp3) is 0.0625. The van der Waals surface area contributed by atoms with E-state index in [1.165, 1.54) is 17.4 Å². The minimum absolute atomic E-state index is 0.267. The second-order valence-electron chi connectivity index (χ2n) is 4.85. The highest BCUT2D eigenvalue weighted by Crippen LogP contribution is 2.33. The smallest absolute Gasteiger partial charge is 0.263 e. The molecule has 122 valence electrons. The number of aryl methyl sites for hydroxylation is 1. The summed E-state index contributed by atoms with van der Waals surface area (Å²) >= 11 is 4.52. The predicted molar refractivity (Wildman–Crippen MR) is 92.1 cm³/mol. The highest BCUT2D eigenvalue weighted by Gasteiger charge is 2.19. The molecule has 1 N–H and O–H groups in total. The number of benzene rings is 1. The summed E-state index contributed by atoms with van der Waals surface area (Å²) in [5.74, 6) is -2.71. The largest absolute Gasteiger partial charge is 0.298 e. The van der Waals surface area contributed by atoms with Crippen molar-refractivity contribution in [3.05, 3.63) is 64.0 Å². The number of halogens is 3. The van der Waals surface area contributed by atoms with Crippen LogP contribution in [0.4, 0.5) is 13.9 Å². The number of nitrogens with zero attached hydrogens (tertiary/aromatic N) is 2. The molecule has 0 bridgehead atoms. The number of rotatable bonds is 3. The number of aromatic nitrogens is 2. The van der Waals surface area contributed by atoms with Crippen molar-refractivity contribution in [2.24, 2.45) is 0 Å². The number of amides is 1. The highest BCUT2D eigenvalue weighted by atomic mass is 79.9. The van der Waals surface area contributed by atoms with Crippen molar-refractivity contribution in [3.63, 3.8) is 0 Å². The first-order valence-electron chi connectivity index (χ1n) is 6.80. The Labute approximate surface area is 148 Å². The van der Waals surface area contributed by atoms with E-state index in [2.05, 4.69) is 31.2 Å². The fourth-order valence-electron chi connectivity index (χ4n) is 2.14. The minimum atomic E-state index is -0.918. The van der Waals surface area contributed by atoms with Gasteiger partial charge < -0.3 is 0 Å². The van der Waals surface area contributed by atoms with E-state index in [0.717, 1.165) is 22.6 Å². The van der Waals surface area contributed by atoms with E-state index in [-0.39, 0.29) is 5.13 Å². The maximum atomic E-state index is 13.7. The van der Waals surface area contributed by atoms with Gasteiger partial charge in [0.25, 0.3) is 5.91 Å². The summed E-state index contributed by atoms with van der Waals surface area (Å²) in [6, 6.07) is 6.90. The first-order valence-corrected chi connectivity index (χ1v) is 8.41. The van der Waals surface area contributed by atoms with Crippen LogP contribution >= 0.6 is 27.3 Å². The number of thiazole rings is 1. The highest BCUT2D eigenvalue weighted by molar-refractivity contribution is 9.10. The molecule has 3 rings (SSSR count). The summed E-state index contributed by atoms with van der Waals surface area (Å²) < 4.78 is 28.0. The average molecular weight is 410 g/mol. The molecule has 0 spiro atoms. The molecular weight excluding hydrogens is 400 g/mol. The number of nitrogens with one attached hydrogen (secondary N) is 1. The van der Waals surface area contributed by atoms with Crippen LogP contribution in [0.2, 0.25) is 0 Å². The molecule has 8 heteroatoms. The zero-order valence-corrected chi connectivity index (χ0v) is 14.7. The molecule has 2 aromatic heterocycles. The molecule has 2 heterocycles. The van der Waals surface area contributed by atoms with E-state index in [1.807, 2.05) is 12.1 Å². The molecule has 1 aromatic carbocycles. The summed E-state index contributed by atoms with van der Waals surface area (Å²) in [6.07, 6.45) is 1.64. The fourth-order valence-corrected chi connectivity index (χ4v) is 3.46. The summed E-state index contributed by atoms with van der Waals surface area (Å²) in [6.45, 7) is 1.79. The van der Waals surface area contributed by atoms with Gasteiger partial charge in [-0.15, -0.1) is 0 Å². The molecule has 3 aromatic rings. The Balaban J connectivity index is 1.90. The van der Waals surface area contributed by atoms with Gasteiger partial charge in [0.1, 0.15) is 21.8 Å². The van der Waals surface area contributed by atoms with Crippen LogP contribution < -0.4 is 5.32 Å². The van der Waals surface area contributed by atoms with E-state index >= 15 is 0 Å². The number of carbonyl (C=O) groups excluding carboxylic acids is 1. The zero-order valence-electron chi connectivity index (χ0n) is 12.3. The number of pyridine rings is 1. The molecule has 0 aliphatic rings. The molecule has 0 unspecified atom stereocenters. The third-order valence-electron chi connectivity index (χ3n) is 3.20. The van der Waals surface area contributed by atoms with Gasteiger partial charge in [0.2, 0.25) is 0 Å². The van der Waals surface area contributed by atoms with Crippen molar-refractivity contribution in [1.82, 2.24) is 9.97 Å². The molecule has 4 nitrogen and oxygen atoms in total. The zero-order chi connectivity index (χ0) is 17.3. The molecule has 0 aliphatic carbocycles. The van der Waals surface area contributed by atoms with Gasteiger partial charge in [-0.2, -0.15) is 0 Å². The SMILES string of the molecule is Cc1nc(NC(=O)c2c(F)cccc2F)sc1-c1ccnc(Br)c1. The van der Waals surface area contributed by atoms with E-state index in [1.54, 1.807) is 13.1 Å². The van der Waals surface area contributed by atoms with Crippen molar-refractivity contribution < 1.29 is 13.6 Å². The number of carbonyl (C=O) groups is 1. The quantitative estimate of drug-likeness (QED) is 0.631. The number of hydrogen-bond acceptors (Lipinski definition) is 4. The maximum absolute atomic E-state index is 13.7. The molecule has 1 amide bonds. The van der Waals surface area contributed by atoms with Crippen molar-refractivity contribution in [2.75, 3.05) is 5.32 Å². The van der Waals surface area contributed by atoms with Gasteiger partial charge in [0, 0.05) is 6.20 Å². The van der Waals surface area contributed by atoms with Crippen molar-refractivity contribution in [3.8, 4) is 10.4 Å². The van der Waals surface area contributed by atoms with Crippen LogP contribution in [0.1, 0.15) is 16.1 Å². The van der Waals surface area contributed by atoms with Crippen LogP contribution in [-0.2, 0) is 0 Å². The standard InChI is InChI=1S/C16H10BrF2N3OS/c1-8-14(9-5-6-20-12(17)7-9)24-16(21-8)22-15(23)13-10(18)3-2-4-11(13)19/h2-7H,1H3,(H,21,22,23). The van der Waals surface area contributed by atoms with Crippen LogP contribution in [0.15, 0.2) is 41.1 Å². The van der Waals surface area contributed by atoms with Crippen LogP contribution in [0.3, 0.4) is 0 Å². The van der Waals surface area contributed by atoms with Gasteiger partial charge in [0.15, 0.2) is 5.13 Å². The second kappa shape index (κ2) is 6.74. The summed E-state index contributed by atoms with van der Waals surface area (Å²) in [5.41, 5.74) is 0.949. The van der Waals surface area contributed by atoms with Gasteiger partial charge >= 0.3 is 0 Å². The third kappa shape index (κ3) is 3.34. The van der Waals surface area contributed by atoms with Crippen molar-refractivity contribution in [2.45, 2.75) is 6.92 Å². The van der Waals surface area contributed by atoms with Crippen molar-refractivity contribution >= 4 is 38.3 Å². The lowest BCUT2D eigenvalue weighted by Gasteiger charge is -2.04. The predicted octanol–water partition coefficient (Wildman–Crippen LogP) is 4.81. The first kappa shape index (κ1) is 16.7. The molecular formula is C16H10BrF2N3OS. The minimum Gasteiger partial charge on any atom is -0.298 e. The lowest BCUT2D eigenvalue weighted by molar-refractivity contribution is 0.101. The monoisotopic (exact) mass is 409 g/mol. The van der Waals surface area contributed by atoms with Gasteiger partial charge in [-0.25, -0.2) is 18.7 Å². The first-order chi connectivity index (χ1) is 11.5. The lowest BCUT2D eigenvalue weighted by atomic mass is 10.2. The molecule has 0 saturated heterocycles. The Morgan fingerprint density at radius 1 is 1.25 bits per heavy atom. The van der Waals surface area contributed by atoms with Crippen molar-refractivity contribution in [1.29, 1.82) is 0 Å². The summed E-state index contributed by atoms with van der Waals surface area (Å²) in [4.78, 5) is 21.3. The van der Waals surface area contributed by atoms with Gasteiger partial charge in [-0.3, -0.25) is 10.1 Å². The summed E-state index contributed by atoms with van der Waals surface area (Å²) in [5, 5.41) is 2.71. The molecule has 0 fully saturated rings. The Morgan fingerprint density at radius 2 is 1.96 bits per heavy atom. The normalized spacial score (nSPS) is 10.7. The molecule has 0 saturated carbocycles. The molecule has 24 heavy (non-hydrogen) atoms. The second-order valence-corrected chi connectivity index (χ2v) is 6.66. The molecule has 0 atom stereocenters. The third-order valence-corrected chi connectivity index (χ3v) is 4.75. The van der Waals surface area contributed by atoms with Crippen LogP contribution in [0.25, 0.3) is 10.4 Å². The van der Waals surface area contributed by atoms with Gasteiger partial charge in [0.05, 0.1) is 10.6 Å². The van der Waals surface area contributed by atoms with Crippen LogP contribution in [0, 0.1) is 18.6 Å². The molecule has 0 radical (unpaired) electrons. The van der Waals surface area contributed by atoms with E-state index in [4.69, 9.17) is 0 Å². The van der Waals surface area contributed by atoms with Gasteiger partial charge in [-0.1, -0.05) is 17.4 Å². The lowest BCUT2D eigenvalue weighted by Crippen LogP contribution is -2.15. The van der Waals surface area contributed by atoms with E-state index in [9.17, 15) is 13.6 Å². The van der Waals surface area contributed by atoms with Crippen LogP contribution in [0.5, 0.6) is 0 Å². The number of hydrogen-bond donors (Lipinski definition) is 1. The maximum Gasteiger partial charge on any atom is 0.263 e. The van der Waals surface area contributed by atoms with E-state index in [0.29, 0.717) is 10.3 Å². The average Bonchev–Trinajstić information content (AvgIpc) is 2.87. The summed E-state index contributed by atoms with van der Waals surface area (Å²) in [7, 11) is 0. The Kier molecular flexibility index (Phi) is 4.68. The molecule has 0 aliphatic heterocycles. The Hall–Kier alpha value is -2.19. The van der Waals surface area contributed by atoms with E-state index < -0.39 is 23.1 Å². The topological polar surface area (TPSA) is 54.9 Å².